The zero-order valence-electron chi connectivity index (χ0n) is 39.4. The van der Waals surface area contributed by atoms with E-state index in [2.05, 4.69) is 15.3 Å². The Balaban J connectivity index is 1.54. The molecular formula is C47H64N4O15S. The second kappa shape index (κ2) is 20.5. The van der Waals surface area contributed by atoms with Gasteiger partial charge in [0.15, 0.2) is 11.5 Å². The second-order valence-corrected chi connectivity index (χ2v) is 19.3. The van der Waals surface area contributed by atoms with E-state index in [0.29, 0.717) is 19.1 Å². The van der Waals surface area contributed by atoms with E-state index in [1.165, 1.54) is 72.1 Å². The molecule has 6 N–H and O–H groups in total. The maximum Gasteiger partial charge on any atom is 0.446 e. The number of amides is 1. The molecular weight excluding hydrogens is 893 g/mol. The number of ketones is 1. The number of hydrazone groups is 1. The Labute approximate surface area is 391 Å². The number of methoxy groups -OCH3 is 1. The molecule has 20 heteroatoms. The van der Waals surface area contributed by atoms with E-state index in [1.807, 2.05) is 0 Å². The molecule has 0 aromatic heterocycles. The number of fused-ring (bicyclic) bond motifs is 14. The van der Waals surface area contributed by atoms with Gasteiger partial charge in [-0.25, -0.2) is 0 Å². The van der Waals surface area contributed by atoms with Crippen LogP contribution in [0, 0.1) is 30.6 Å². The van der Waals surface area contributed by atoms with Crippen molar-refractivity contribution in [1.29, 1.82) is 0 Å². The highest BCUT2D eigenvalue weighted by molar-refractivity contribution is 7.81. The standard InChI is InChI=1S/C47H64N4O15S/c1-24-13-12-14-25(2)46(58)49-37-32(23-48-51-20-18-50(19-21-51)31-15-10-11-16-31)40(55)34-35(41(37)56)44(66-67(59,60)61)29(6)43-36(34)45(57)47(8,65-43)63-22-17-33(62-9)26(3)42(64-30(7)52)28(5)39(54)27(4)38(24)53/h12-14,17,22-24,26-28,31,33,38-39,42,53-56H,10-11,15-16,18-21H2,1-9H3,(H,49,58)(H,59,60,61)/b13-12+,22-17+,25-14-,48-23+/t24-,26+,27+,28+,33-,38-,39+,42+,47-/m0/s1. The summed E-state index contributed by atoms with van der Waals surface area (Å²) in [5.74, 6) is -9.88. The molecule has 9 atom stereocenters. The van der Waals surface area contributed by atoms with Crippen molar-refractivity contribution in [2.45, 2.75) is 117 Å². The first-order chi connectivity index (χ1) is 31.5. The first-order valence-corrected chi connectivity index (χ1v) is 23.9. The third-order valence-electron chi connectivity index (χ3n) is 13.7. The lowest BCUT2D eigenvalue weighted by Crippen LogP contribution is -2.47. The van der Waals surface area contributed by atoms with E-state index in [9.17, 15) is 47.8 Å². The van der Waals surface area contributed by atoms with Crippen molar-refractivity contribution in [3.05, 3.63) is 52.8 Å². The van der Waals surface area contributed by atoms with Crippen LogP contribution in [-0.2, 0) is 34.2 Å². The van der Waals surface area contributed by atoms with Crippen molar-refractivity contribution in [3.8, 4) is 23.0 Å². The van der Waals surface area contributed by atoms with Crippen LogP contribution in [0.4, 0.5) is 5.69 Å². The number of benzene rings is 2. The molecule has 1 saturated carbocycles. The van der Waals surface area contributed by atoms with Crippen LogP contribution in [-0.4, -0.2) is 137 Å². The van der Waals surface area contributed by atoms with Gasteiger partial charge in [-0.15, -0.1) is 0 Å². The summed E-state index contributed by atoms with van der Waals surface area (Å²) in [4.78, 5) is 43.5. The summed E-state index contributed by atoms with van der Waals surface area (Å²) in [7, 11) is -3.96. The number of nitrogens with one attached hydrogen (secondary N) is 1. The van der Waals surface area contributed by atoms with Crippen molar-refractivity contribution in [3.63, 3.8) is 0 Å². The number of rotatable bonds is 7. The average molecular weight is 957 g/mol. The summed E-state index contributed by atoms with van der Waals surface area (Å²) in [6.45, 7) is 14.5. The molecule has 4 aliphatic heterocycles. The number of hydrogen-bond acceptors (Lipinski definition) is 17. The Bertz CT molecular complexity index is 2460. The highest BCUT2D eigenvalue weighted by Gasteiger charge is 2.50. The minimum atomic E-state index is -5.35. The van der Waals surface area contributed by atoms with Crippen molar-refractivity contribution >= 4 is 50.7 Å². The van der Waals surface area contributed by atoms with Crippen LogP contribution < -0.4 is 14.2 Å². The number of nitrogens with zero attached hydrogens (tertiary/aromatic N) is 3. The van der Waals surface area contributed by atoms with Crippen LogP contribution in [0.25, 0.3) is 10.8 Å². The summed E-state index contributed by atoms with van der Waals surface area (Å²) in [6.07, 6.45) is 8.88. The van der Waals surface area contributed by atoms with E-state index in [4.69, 9.17) is 23.1 Å². The molecule has 2 aromatic carbocycles. The van der Waals surface area contributed by atoms with Crippen molar-refractivity contribution in [2.24, 2.45) is 28.8 Å². The van der Waals surface area contributed by atoms with Crippen molar-refractivity contribution in [1.82, 2.24) is 9.91 Å². The molecule has 2 fully saturated rings. The van der Waals surface area contributed by atoms with Crippen LogP contribution in [0.15, 0.2) is 41.2 Å². The predicted octanol–water partition coefficient (Wildman–Crippen LogP) is 5.12. The monoisotopic (exact) mass is 956 g/mol. The van der Waals surface area contributed by atoms with Gasteiger partial charge in [0.1, 0.15) is 17.6 Å². The molecule has 19 nitrogen and oxygen atoms in total. The fourth-order valence-electron chi connectivity index (χ4n) is 9.67. The fourth-order valence-corrected chi connectivity index (χ4v) is 10.1. The largest absolute Gasteiger partial charge is 0.506 e. The van der Waals surface area contributed by atoms with Gasteiger partial charge in [-0.1, -0.05) is 58.8 Å². The SMILES string of the molecule is CO[C@H]1/C=C/O[C@@]2(C)Oc3c(C)c(OS(=O)(=O)O)c4c(O)c(c(/C=N/N5CCN(C6CCCC6)CC5)c(O)c4c3C2=O)NC(=O)/C(C)=C\C=C\[C@H](C)[C@H](O)[C@@H](C)[C@@H](O)[C@@H](C)[C@H](OC(C)=O)[C@@H]1C. The first kappa shape index (κ1) is 51.1. The Kier molecular flexibility index (Phi) is 15.7. The Morgan fingerprint density at radius 3 is 2.22 bits per heavy atom. The number of Topliss-reactive ketones (excluding diaryl/α,β-unsaturated/α-hetero) is 1. The molecule has 0 unspecified atom stereocenters. The number of carbonyl (C=O) groups excluding carboxylic acids is 3. The molecule has 0 spiro atoms. The number of allylic oxidation sites excluding steroid dienone is 2. The number of aromatic hydroxyl groups is 2. The molecule has 1 saturated heterocycles. The highest BCUT2D eigenvalue weighted by Crippen LogP contribution is 2.55. The lowest BCUT2D eigenvalue weighted by molar-refractivity contribution is -0.160. The summed E-state index contributed by atoms with van der Waals surface area (Å²) in [5.41, 5.74) is -1.19. The Morgan fingerprint density at radius 1 is 0.955 bits per heavy atom. The summed E-state index contributed by atoms with van der Waals surface area (Å²) < 4.78 is 63.5. The molecule has 1 aliphatic carbocycles. The number of ether oxygens (including phenoxy) is 4. The van der Waals surface area contributed by atoms with Gasteiger partial charge in [0.05, 0.1) is 53.0 Å². The van der Waals surface area contributed by atoms with Gasteiger partial charge < -0.3 is 48.9 Å². The summed E-state index contributed by atoms with van der Waals surface area (Å²) >= 11 is 0. The van der Waals surface area contributed by atoms with Gasteiger partial charge in [-0.05, 0) is 32.8 Å². The van der Waals surface area contributed by atoms with Crippen molar-refractivity contribution < 1.29 is 70.9 Å². The number of piperazine rings is 1. The summed E-state index contributed by atoms with van der Waals surface area (Å²) in [5, 5.41) is 55.6. The molecule has 1 amide bonds. The van der Waals surface area contributed by atoms with Crippen LogP contribution in [0.5, 0.6) is 23.0 Å². The van der Waals surface area contributed by atoms with Crippen molar-refractivity contribution in [2.75, 3.05) is 38.6 Å². The molecule has 368 valence electrons. The van der Waals surface area contributed by atoms with Gasteiger partial charge >= 0.3 is 22.2 Å². The Morgan fingerprint density at radius 2 is 1.61 bits per heavy atom. The number of aliphatic hydroxyl groups excluding tert-OH is 2. The minimum Gasteiger partial charge on any atom is -0.506 e. The molecule has 7 rings (SSSR count). The zero-order valence-corrected chi connectivity index (χ0v) is 40.2. The Hall–Kier alpha value is -5.25. The third kappa shape index (κ3) is 10.7. The van der Waals surface area contributed by atoms with Gasteiger partial charge in [0.2, 0.25) is 0 Å². The number of phenolic OH excluding ortho intramolecular Hbond substituents is 2. The number of aliphatic hydroxyl groups is 2. The molecule has 2 aromatic rings. The van der Waals surface area contributed by atoms with E-state index < -0.39 is 116 Å². The maximum absolute atomic E-state index is 14.7. The number of anilines is 1. The number of hydrogen-bond donors (Lipinski definition) is 6. The normalized spacial score (nSPS) is 31.3. The number of esters is 1. The van der Waals surface area contributed by atoms with Crippen LogP contribution in [0.1, 0.15) is 95.6 Å². The highest BCUT2D eigenvalue weighted by atomic mass is 32.3. The van der Waals surface area contributed by atoms with Crippen LogP contribution in [0.3, 0.4) is 0 Å². The lowest BCUT2D eigenvalue weighted by atomic mass is 9.78. The van der Waals surface area contributed by atoms with Crippen LogP contribution >= 0.6 is 0 Å². The topological polar surface area (TPSA) is 264 Å². The van der Waals surface area contributed by atoms with E-state index in [0.717, 1.165) is 32.2 Å². The van der Waals surface area contributed by atoms with Crippen LogP contribution in [0.2, 0.25) is 0 Å². The fraction of sp³-hybridized carbons (Fsp3) is 0.574. The van der Waals surface area contributed by atoms with E-state index >= 15 is 0 Å². The third-order valence-corrected chi connectivity index (χ3v) is 14.1. The van der Waals surface area contributed by atoms with E-state index in [1.54, 1.807) is 38.8 Å². The lowest BCUT2D eigenvalue weighted by Gasteiger charge is -2.38. The molecule has 5 bridgehead atoms. The van der Waals surface area contributed by atoms with E-state index in [-0.39, 0.29) is 28.0 Å². The number of carbonyl (C=O) groups is 3. The second-order valence-electron chi connectivity index (χ2n) is 18.3. The quantitative estimate of drug-likeness (QED) is 0.0691. The predicted molar refractivity (Wildman–Crippen MR) is 247 cm³/mol. The molecule has 67 heavy (non-hydrogen) atoms. The first-order valence-electron chi connectivity index (χ1n) is 22.6. The average Bonchev–Trinajstić information content (AvgIpc) is 3.91. The zero-order chi connectivity index (χ0) is 49.3. The summed E-state index contributed by atoms with van der Waals surface area (Å²) in [6, 6.07) is 0.499. The maximum atomic E-state index is 14.7. The minimum absolute atomic E-state index is 0.0778. The molecule has 0 radical (unpaired) electrons. The van der Waals surface area contributed by atoms with Gasteiger partial charge in [0.25, 0.3) is 11.7 Å². The molecule has 5 aliphatic rings. The smallest absolute Gasteiger partial charge is 0.446 e. The molecule has 4 heterocycles. The van der Waals surface area contributed by atoms with Gasteiger partial charge in [0, 0.05) is 93.4 Å². The van der Waals surface area contributed by atoms with Gasteiger partial charge in [-0.2, -0.15) is 13.5 Å². The number of phenols is 2. The van der Waals surface area contributed by atoms with Gasteiger partial charge in [-0.3, -0.25) is 28.8 Å².